The normalized spacial score (nSPS) is 31.4. The summed E-state index contributed by atoms with van der Waals surface area (Å²) in [7, 11) is 0. The van der Waals surface area contributed by atoms with Crippen molar-refractivity contribution in [3.63, 3.8) is 0 Å². The van der Waals surface area contributed by atoms with Crippen LogP contribution in [0.15, 0.2) is 0 Å². The average molecular weight is 210 g/mol. The Kier molecular flexibility index (Phi) is 4.67. The summed E-state index contributed by atoms with van der Waals surface area (Å²) >= 11 is 0. The molecule has 0 saturated heterocycles. The Balaban J connectivity index is 2.37. The van der Waals surface area contributed by atoms with Crippen molar-refractivity contribution in [2.75, 3.05) is 0 Å². The van der Waals surface area contributed by atoms with Gasteiger partial charge in [0.15, 0.2) is 0 Å². The Hall–Kier alpha value is 0. The fraction of sp³-hybridized carbons (Fsp3) is 1.00. The van der Waals surface area contributed by atoms with Gasteiger partial charge in [-0.2, -0.15) is 0 Å². The van der Waals surface area contributed by atoms with Crippen LogP contribution in [0.5, 0.6) is 0 Å². The van der Waals surface area contributed by atoms with Gasteiger partial charge in [-0.15, -0.1) is 0 Å². The van der Waals surface area contributed by atoms with Crippen LogP contribution in [0.3, 0.4) is 0 Å². The minimum atomic E-state index is 0.839. The molecule has 0 heterocycles. The lowest BCUT2D eigenvalue weighted by molar-refractivity contribution is 0.199. The SMILES string of the molecule is CCCC1CC1C(C)C(C)C(C)C(C)C. The maximum atomic E-state index is 2.49. The van der Waals surface area contributed by atoms with E-state index in [1.54, 1.807) is 0 Å². The predicted molar refractivity (Wildman–Crippen MR) is 68.8 cm³/mol. The molecule has 90 valence electrons. The van der Waals surface area contributed by atoms with Crippen molar-refractivity contribution in [2.45, 2.75) is 60.8 Å². The zero-order valence-corrected chi connectivity index (χ0v) is 11.6. The van der Waals surface area contributed by atoms with Gasteiger partial charge in [-0.05, 0) is 41.9 Å². The fourth-order valence-electron chi connectivity index (χ4n) is 3.09. The summed E-state index contributed by atoms with van der Waals surface area (Å²) < 4.78 is 0. The molecule has 0 bridgehead atoms. The molecular formula is C15H30. The summed E-state index contributed by atoms with van der Waals surface area (Å²) in [5.41, 5.74) is 0. The Morgan fingerprint density at radius 2 is 1.60 bits per heavy atom. The molecule has 0 N–H and O–H groups in total. The highest BCUT2D eigenvalue weighted by Gasteiger charge is 2.42. The van der Waals surface area contributed by atoms with Gasteiger partial charge in [-0.1, -0.05) is 54.4 Å². The van der Waals surface area contributed by atoms with E-state index in [4.69, 9.17) is 0 Å². The van der Waals surface area contributed by atoms with Crippen molar-refractivity contribution in [1.82, 2.24) is 0 Å². The molecule has 0 spiro atoms. The van der Waals surface area contributed by atoms with Gasteiger partial charge in [0, 0.05) is 0 Å². The third-order valence-electron chi connectivity index (χ3n) is 5.02. The average Bonchev–Trinajstić information content (AvgIpc) is 2.94. The summed E-state index contributed by atoms with van der Waals surface area (Å²) in [5, 5.41) is 0. The highest BCUT2D eigenvalue weighted by molar-refractivity contribution is 4.91. The minimum Gasteiger partial charge on any atom is -0.0654 e. The molecule has 0 nitrogen and oxygen atoms in total. The fourth-order valence-corrected chi connectivity index (χ4v) is 3.09. The summed E-state index contributed by atoms with van der Waals surface area (Å²) in [4.78, 5) is 0. The second-order valence-electron chi connectivity index (χ2n) is 6.27. The van der Waals surface area contributed by atoms with Gasteiger partial charge < -0.3 is 0 Å². The molecule has 0 amide bonds. The Bertz CT molecular complexity index is 182. The van der Waals surface area contributed by atoms with Crippen molar-refractivity contribution in [2.24, 2.45) is 35.5 Å². The van der Waals surface area contributed by atoms with Gasteiger partial charge in [0.2, 0.25) is 0 Å². The van der Waals surface area contributed by atoms with Crippen LogP contribution in [-0.4, -0.2) is 0 Å². The van der Waals surface area contributed by atoms with Gasteiger partial charge in [0.1, 0.15) is 0 Å². The molecular weight excluding hydrogens is 180 g/mol. The van der Waals surface area contributed by atoms with E-state index in [1.807, 2.05) is 0 Å². The van der Waals surface area contributed by atoms with E-state index in [9.17, 15) is 0 Å². The Morgan fingerprint density at radius 1 is 1.00 bits per heavy atom. The third-order valence-corrected chi connectivity index (χ3v) is 5.02. The summed E-state index contributed by atoms with van der Waals surface area (Å²) in [5.74, 6) is 5.69. The van der Waals surface area contributed by atoms with Crippen LogP contribution in [0.2, 0.25) is 0 Å². The highest BCUT2D eigenvalue weighted by Crippen LogP contribution is 2.50. The van der Waals surface area contributed by atoms with Gasteiger partial charge in [-0.3, -0.25) is 0 Å². The predicted octanol–water partition coefficient (Wildman–Crippen LogP) is 4.99. The first-order chi connectivity index (χ1) is 6.99. The minimum absolute atomic E-state index is 0.839. The number of hydrogen-bond acceptors (Lipinski definition) is 0. The topological polar surface area (TPSA) is 0 Å². The largest absolute Gasteiger partial charge is 0.0654 e. The van der Waals surface area contributed by atoms with E-state index in [-0.39, 0.29) is 0 Å². The molecule has 1 aliphatic rings. The first kappa shape index (κ1) is 13.1. The molecule has 0 radical (unpaired) electrons. The molecule has 1 saturated carbocycles. The van der Waals surface area contributed by atoms with Gasteiger partial charge in [0.25, 0.3) is 0 Å². The van der Waals surface area contributed by atoms with Crippen LogP contribution in [0.1, 0.15) is 60.8 Å². The van der Waals surface area contributed by atoms with Crippen molar-refractivity contribution in [1.29, 1.82) is 0 Å². The maximum absolute atomic E-state index is 2.49. The summed E-state index contributed by atoms with van der Waals surface area (Å²) in [6.45, 7) is 14.4. The molecule has 0 aromatic heterocycles. The van der Waals surface area contributed by atoms with E-state index in [0.29, 0.717) is 0 Å². The van der Waals surface area contributed by atoms with E-state index in [1.165, 1.54) is 19.3 Å². The van der Waals surface area contributed by atoms with Crippen molar-refractivity contribution in [3.8, 4) is 0 Å². The van der Waals surface area contributed by atoms with E-state index < -0.39 is 0 Å². The lowest BCUT2D eigenvalue weighted by Crippen LogP contribution is -2.22. The van der Waals surface area contributed by atoms with Crippen molar-refractivity contribution < 1.29 is 0 Å². The van der Waals surface area contributed by atoms with Gasteiger partial charge in [0.05, 0.1) is 0 Å². The zero-order chi connectivity index (χ0) is 11.6. The molecule has 0 heteroatoms. The second kappa shape index (κ2) is 5.37. The molecule has 0 aromatic rings. The quantitative estimate of drug-likeness (QED) is 0.579. The molecule has 1 fully saturated rings. The smallest absolute Gasteiger partial charge is 0.0355 e. The van der Waals surface area contributed by atoms with Crippen molar-refractivity contribution in [3.05, 3.63) is 0 Å². The Morgan fingerprint density at radius 3 is 2.07 bits per heavy atom. The lowest BCUT2D eigenvalue weighted by Gasteiger charge is -2.29. The van der Waals surface area contributed by atoms with Crippen LogP contribution in [0, 0.1) is 35.5 Å². The monoisotopic (exact) mass is 210 g/mol. The third kappa shape index (κ3) is 3.23. The molecule has 15 heavy (non-hydrogen) atoms. The zero-order valence-electron chi connectivity index (χ0n) is 11.6. The number of hydrogen-bond donors (Lipinski definition) is 0. The van der Waals surface area contributed by atoms with Crippen LogP contribution in [0.25, 0.3) is 0 Å². The van der Waals surface area contributed by atoms with Crippen LogP contribution in [-0.2, 0) is 0 Å². The lowest BCUT2D eigenvalue weighted by atomic mass is 9.76. The van der Waals surface area contributed by atoms with E-state index >= 15 is 0 Å². The second-order valence-corrected chi connectivity index (χ2v) is 6.27. The molecule has 0 aliphatic heterocycles. The highest BCUT2D eigenvalue weighted by atomic mass is 14.5. The van der Waals surface area contributed by atoms with Crippen molar-refractivity contribution >= 4 is 0 Å². The van der Waals surface area contributed by atoms with Crippen LogP contribution >= 0.6 is 0 Å². The molecule has 5 atom stereocenters. The Labute approximate surface area is 96.8 Å². The maximum Gasteiger partial charge on any atom is -0.0355 e. The summed E-state index contributed by atoms with van der Waals surface area (Å²) in [6.07, 6.45) is 4.37. The standard InChI is InChI=1S/C15H30/c1-7-8-14-9-15(14)13(6)12(5)11(4)10(2)3/h10-15H,7-9H2,1-6H3. The number of rotatable bonds is 6. The van der Waals surface area contributed by atoms with Gasteiger partial charge in [-0.25, -0.2) is 0 Å². The molecule has 1 aliphatic carbocycles. The van der Waals surface area contributed by atoms with E-state index in [2.05, 4.69) is 41.5 Å². The molecule has 0 aromatic carbocycles. The first-order valence-electron chi connectivity index (χ1n) is 6.99. The molecule has 5 unspecified atom stereocenters. The van der Waals surface area contributed by atoms with Crippen LogP contribution < -0.4 is 0 Å². The molecule has 1 rings (SSSR count). The van der Waals surface area contributed by atoms with E-state index in [0.717, 1.165) is 35.5 Å². The van der Waals surface area contributed by atoms with Crippen LogP contribution in [0.4, 0.5) is 0 Å². The van der Waals surface area contributed by atoms with Gasteiger partial charge >= 0.3 is 0 Å². The first-order valence-corrected chi connectivity index (χ1v) is 6.99. The summed E-state index contributed by atoms with van der Waals surface area (Å²) in [6, 6.07) is 0.